The van der Waals surface area contributed by atoms with Gasteiger partial charge in [0.1, 0.15) is 0 Å². The summed E-state index contributed by atoms with van der Waals surface area (Å²) >= 11 is 3.08. The summed E-state index contributed by atoms with van der Waals surface area (Å²) < 4.78 is 0.394. The van der Waals surface area contributed by atoms with Crippen molar-refractivity contribution < 1.29 is 9.72 Å². The molecule has 0 saturated heterocycles. The average Bonchev–Trinajstić information content (AvgIpc) is 2.02. The molecule has 0 bridgehead atoms. The molecule has 4 nitrogen and oxygen atoms in total. The van der Waals surface area contributed by atoms with Gasteiger partial charge in [-0.2, -0.15) is 0 Å². The van der Waals surface area contributed by atoms with E-state index in [0.29, 0.717) is 15.6 Å². The number of benzene rings is 1. The molecular formula is C9H8BrNO3. The second kappa shape index (κ2) is 3.88. The average molecular weight is 258 g/mol. The highest BCUT2D eigenvalue weighted by Crippen LogP contribution is 2.30. The molecule has 0 aliphatic rings. The van der Waals surface area contributed by atoms with Gasteiger partial charge in [0.2, 0.25) is 0 Å². The fraction of sp³-hybridized carbons (Fsp3) is 0.222. The standard InChI is InChI=1S/C9H8BrNO3/c1-5-7(6(2)12)3-4-8(10)9(5)11(13)14/h3-4H,1-2H3. The van der Waals surface area contributed by atoms with E-state index in [1.54, 1.807) is 13.0 Å². The molecule has 0 aromatic heterocycles. The number of carbonyl (C=O) groups excluding carboxylic acids is 1. The highest BCUT2D eigenvalue weighted by molar-refractivity contribution is 9.10. The third-order valence-corrected chi connectivity index (χ3v) is 2.58. The minimum Gasteiger partial charge on any atom is -0.294 e. The van der Waals surface area contributed by atoms with Gasteiger partial charge < -0.3 is 0 Å². The molecule has 5 heteroatoms. The van der Waals surface area contributed by atoms with Crippen LogP contribution in [0.2, 0.25) is 0 Å². The third-order valence-electron chi connectivity index (χ3n) is 1.94. The maximum absolute atomic E-state index is 11.1. The van der Waals surface area contributed by atoms with Gasteiger partial charge in [0.15, 0.2) is 5.78 Å². The van der Waals surface area contributed by atoms with E-state index in [9.17, 15) is 14.9 Å². The van der Waals surface area contributed by atoms with Crippen molar-refractivity contribution in [2.45, 2.75) is 13.8 Å². The Morgan fingerprint density at radius 1 is 1.50 bits per heavy atom. The summed E-state index contributed by atoms with van der Waals surface area (Å²) in [5, 5.41) is 10.7. The van der Waals surface area contributed by atoms with Crippen molar-refractivity contribution in [3.8, 4) is 0 Å². The summed E-state index contributed by atoms with van der Waals surface area (Å²) in [5.41, 5.74) is 0.745. The van der Waals surface area contributed by atoms with Crippen LogP contribution in [0.3, 0.4) is 0 Å². The van der Waals surface area contributed by atoms with Gasteiger partial charge in [-0.3, -0.25) is 14.9 Å². The molecule has 0 saturated carbocycles. The second-order valence-corrected chi connectivity index (χ2v) is 3.74. The first kappa shape index (κ1) is 10.8. The Hall–Kier alpha value is -1.23. The molecule has 1 aromatic carbocycles. The number of nitro benzene ring substituents is 1. The molecule has 14 heavy (non-hydrogen) atoms. The smallest absolute Gasteiger partial charge is 0.287 e. The SMILES string of the molecule is CC(=O)c1ccc(Br)c([N+](=O)[O-])c1C. The quantitative estimate of drug-likeness (QED) is 0.465. The lowest BCUT2D eigenvalue weighted by Gasteiger charge is -2.03. The molecule has 0 aliphatic heterocycles. The van der Waals surface area contributed by atoms with Crippen molar-refractivity contribution in [1.29, 1.82) is 0 Å². The van der Waals surface area contributed by atoms with Gasteiger partial charge in [0.05, 0.1) is 9.40 Å². The van der Waals surface area contributed by atoms with E-state index in [4.69, 9.17) is 0 Å². The fourth-order valence-electron chi connectivity index (χ4n) is 1.27. The maximum atomic E-state index is 11.1. The largest absolute Gasteiger partial charge is 0.294 e. The fourth-order valence-corrected chi connectivity index (χ4v) is 1.85. The summed E-state index contributed by atoms with van der Waals surface area (Å²) in [6, 6.07) is 3.09. The van der Waals surface area contributed by atoms with Gasteiger partial charge in [-0.25, -0.2) is 0 Å². The van der Waals surface area contributed by atoms with Gasteiger partial charge in [0, 0.05) is 11.1 Å². The molecule has 0 spiro atoms. The normalized spacial score (nSPS) is 9.93. The Balaban J connectivity index is 3.49. The third kappa shape index (κ3) is 1.82. The topological polar surface area (TPSA) is 60.2 Å². The van der Waals surface area contributed by atoms with Crippen LogP contribution in [0.4, 0.5) is 5.69 Å². The molecular weight excluding hydrogens is 250 g/mol. The van der Waals surface area contributed by atoms with Crippen LogP contribution in [-0.2, 0) is 0 Å². The monoisotopic (exact) mass is 257 g/mol. The molecule has 0 amide bonds. The zero-order valence-corrected chi connectivity index (χ0v) is 9.29. The Bertz CT molecular complexity index is 415. The Morgan fingerprint density at radius 2 is 2.07 bits per heavy atom. The summed E-state index contributed by atoms with van der Waals surface area (Å²) in [6.45, 7) is 2.96. The summed E-state index contributed by atoms with van der Waals surface area (Å²) in [5.74, 6) is -0.168. The predicted molar refractivity (Wildman–Crippen MR) is 55.5 cm³/mol. The lowest BCUT2D eigenvalue weighted by atomic mass is 10.0. The van der Waals surface area contributed by atoms with Crippen LogP contribution in [0, 0.1) is 17.0 Å². The van der Waals surface area contributed by atoms with Crippen LogP contribution in [-0.4, -0.2) is 10.7 Å². The summed E-state index contributed by atoms with van der Waals surface area (Å²) in [4.78, 5) is 21.3. The zero-order valence-electron chi connectivity index (χ0n) is 7.70. The molecule has 0 N–H and O–H groups in total. The van der Waals surface area contributed by atoms with E-state index in [0.717, 1.165) is 0 Å². The van der Waals surface area contributed by atoms with Crippen LogP contribution in [0.5, 0.6) is 0 Å². The van der Waals surface area contributed by atoms with E-state index >= 15 is 0 Å². The van der Waals surface area contributed by atoms with Crippen molar-refractivity contribution in [1.82, 2.24) is 0 Å². The van der Waals surface area contributed by atoms with Gasteiger partial charge in [-0.15, -0.1) is 0 Å². The molecule has 0 radical (unpaired) electrons. The summed E-state index contributed by atoms with van der Waals surface area (Å²) in [6.07, 6.45) is 0. The molecule has 74 valence electrons. The number of carbonyl (C=O) groups is 1. The first-order chi connectivity index (χ1) is 6.45. The van der Waals surface area contributed by atoms with Gasteiger partial charge in [-0.05, 0) is 41.9 Å². The lowest BCUT2D eigenvalue weighted by Crippen LogP contribution is -2.01. The van der Waals surface area contributed by atoms with Gasteiger partial charge in [-0.1, -0.05) is 0 Å². The van der Waals surface area contributed by atoms with E-state index < -0.39 is 4.92 Å². The minimum atomic E-state index is -0.494. The number of hydrogen-bond donors (Lipinski definition) is 0. The van der Waals surface area contributed by atoms with Crippen molar-refractivity contribution in [3.63, 3.8) is 0 Å². The highest BCUT2D eigenvalue weighted by atomic mass is 79.9. The first-order valence-corrected chi connectivity index (χ1v) is 4.69. The Morgan fingerprint density at radius 3 is 2.50 bits per heavy atom. The van der Waals surface area contributed by atoms with Gasteiger partial charge >= 0.3 is 0 Å². The van der Waals surface area contributed by atoms with E-state index in [1.807, 2.05) is 0 Å². The van der Waals surface area contributed by atoms with Crippen LogP contribution < -0.4 is 0 Å². The van der Waals surface area contributed by atoms with Crippen LogP contribution >= 0.6 is 15.9 Å². The number of Topliss-reactive ketones (excluding diaryl/α,β-unsaturated/α-hetero) is 1. The molecule has 0 atom stereocenters. The lowest BCUT2D eigenvalue weighted by molar-refractivity contribution is -0.386. The number of ketones is 1. The number of nitro groups is 1. The number of halogens is 1. The van der Waals surface area contributed by atoms with E-state index in [-0.39, 0.29) is 11.5 Å². The molecule has 1 aromatic rings. The van der Waals surface area contributed by atoms with Gasteiger partial charge in [0.25, 0.3) is 5.69 Å². The highest BCUT2D eigenvalue weighted by Gasteiger charge is 2.19. The first-order valence-electron chi connectivity index (χ1n) is 3.89. The molecule has 0 aliphatic carbocycles. The molecule has 0 unspecified atom stereocenters. The second-order valence-electron chi connectivity index (χ2n) is 2.88. The van der Waals surface area contributed by atoms with E-state index in [2.05, 4.69) is 15.9 Å². The molecule has 0 fully saturated rings. The van der Waals surface area contributed by atoms with Crippen LogP contribution in [0.15, 0.2) is 16.6 Å². The molecule has 0 heterocycles. The molecule has 1 rings (SSSR count). The summed E-state index contributed by atoms with van der Waals surface area (Å²) in [7, 11) is 0. The zero-order chi connectivity index (χ0) is 10.9. The predicted octanol–water partition coefficient (Wildman–Crippen LogP) is 2.87. The van der Waals surface area contributed by atoms with Crippen molar-refractivity contribution >= 4 is 27.4 Å². The maximum Gasteiger partial charge on any atom is 0.287 e. The van der Waals surface area contributed by atoms with Crippen LogP contribution in [0.1, 0.15) is 22.8 Å². The number of nitrogens with zero attached hydrogens (tertiary/aromatic N) is 1. The number of hydrogen-bond acceptors (Lipinski definition) is 3. The minimum absolute atomic E-state index is 0.0438. The van der Waals surface area contributed by atoms with Crippen LogP contribution in [0.25, 0.3) is 0 Å². The number of rotatable bonds is 2. The van der Waals surface area contributed by atoms with Crippen molar-refractivity contribution in [2.24, 2.45) is 0 Å². The Labute approximate surface area is 89.2 Å². The van der Waals surface area contributed by atoms with Crippen molar-refractivity contribution in [2.75, 3.05) is 0 Å². The Kier molecular flexibility index (Phi) is 3.00. The van der Waals surface area contributed by atoms with Crippen molar-refractivity contribution in [3.05, 3.63) is 37.8 Å². The van der Waals surface area contributed by atoms with E-state index in [1.165, 1.54) is 13.0 Å².